The topological polar surface area (TPSA) is 59.8 Å². The lowest BCUT2D eigenvalue weighted by atomic mass is 10.1. The number of nitrogens with one attached hydrogen (secondary N) is 1. The van der Waals surface area contributed by atoms with Gasteiger partial charge in [-0.05, 0) is 19.4 Å². The minimum absolute atomic E-state index is 0.0772. The van der Waals surface area contributed by atoms with Crippen molar-refractivity contribution in [3.63, 3.8) is 0 Å². The molecule has 2 aromatic heterocycles. The number of benzene rings is 2. The van der Waals surface area contributed by atoms with E-state index in [-0.39, 0.29) is 5.91 Å². The maximum Gasteiger partial charge on any atom is 0.229 e. The van der Waals surface area contributed by atoms with Crippen LogP contribution in [0.25, 0.3) is 16.4 Å². The molecule has 0 bridgehead atoms. The highest BCUT2D eigenvalue weighted by Gasteiger charge is 2.15. The molecule has 2 aromatic carbocycles. The summed E-state index contributed by atoms with van der Waals surface area (Å²) in [4.78, 5) is 21.6. The number of nitrogens with zero attached hydrogens (tertiary/aromatic N) is 3. The van der Waals surface area contributed by atoms with Crippen molar-refractivity contribution in [2.24, 2.45) is 0 Å². The van der Waals surface area contributed by atoms with E-state index in [4.69, 9.17) is 4.98 Å². The van der Waals surface area contributed by atoms with E-state index in [0.29, 0.717) is 12.2 Å². The Morgan fingerprint density at radius 2 is 1.93 bits per heavy atom. The molecule has 0 spiro atoms. The molecule has 28 heavy (non-hydrogen) atoms. The molecule has 0 fully saturated rings. The van der Waals surface area contributed by atoms with E-state index in [9.17, 15) is 4.79 Å². The lowest BCUT2D eigenvalue weighted by Gasteiger charge is -2.09. The fraction of sp³-hybridized carbons (Fsp3) is 0.136. The van der Waals surface area contributed by atoms with Gasteiger partial charge in [0.2, 0.25) is 5.91 Å². The van der Waals surface area contributed by atoms with Crippen LogP contribution in [0.5, 0.6) is 0 Å². The van der Waals surface area contributed by atoms with Gasteiger partial charge in [0.05, 0.1) is 18.3 Å². The van der Waals surface area contributed by atoms with Crippen LogP contribution in [-0.4, -0.2) is 20.4 Å². The number of amides is 1. The molecule has 1 amide bonds. The summed E-state index contributed by atoms with van der Waals surface area (Å²) in [6.07, 6.45) is 1.99. The SMILES string of the molecule is Cc1cccc(CC(=O)Nc2cnc(C)n2-c2nc(-c3ccccc3)cs2)c1. The molecule has 0 unspecified atom stereocenters. The van der Waals surface area contributed by atoms with Gasteiger partial charge in [0.15, 0.2) is 5.13 Å². The highest BCUT2D eigenvalue weighted by atomic mass is 32.1. The first kappa shape index (κ1) is 18.1. The minimum atomic E-state index is -0.0772. The van der Waals surface area contributed by atoms with E-state index >= 15 is 0 Å². The van der Waals surface area contributed by atoms with Crippen LogP contribution in [0.1, 0.15) is 17.0 Å². The van der Waals surface area contributed by atoms with Gasteiger partial charge in [-0.3, -0.25) is 9.36 Å². The Bertz CT molecular complexity index is 1110. The zero-order valence-corrected chi connectivity index (χ0v) is 16.5. The Labute approximate surface area is 167 Å². The molecule has 4 rings (SSSR count). The number of imidazole rings is 1. The summed E-state index contributed by atoms with van der Waals surface area (Å²) < 4.78 is 1.88. The second-order valence-corrected chi connectivity index (χ2v) is 7.46. The van der Waals surface area contributed by atoms with E-state index in [1.807, 2.05) is 78.4 Å². The number of thiazole rings is 1. The van der Waals surface area contributed by atoms with Crippen LogP contribution in [0.15, 0.2) is 66.2 Å². The van der Waals surface area contributed by atoms with Crippen molar-refractivity contribution in [1.29, 1.82) is 0 Å². The third kappa shape index (κ3) is 3.87. The van der Waals surface area contributed by atoms with Crippen molar-refractivity contribution in [2.45, 2.75) is 20.3 Å². The van der Waals surface area contributed by atoms with Crippen LogP contribution in [0, 0.1) is 13.8 Å². The Kier molecular flexibility index (Phi) is 5.04. The largest absolute Gasteiger partial charge is 0.310 e. The average Bonchev–Trinajstić information content (AvgIpc) is 3.29. The van der Waals surface area contributed by atoms with Gasteiger partial charge in [-0.15, -0.1) is 11.3 Å². The Hall–Kier alpha value is -3.25. The van der Waals surface area contributed by atoms with E-state index in [1.165, 1.54) is 11.3 Å². The molecular formula is C22H20N4OS. The molecular weight excluding hydrogens is 368 g/mol. The average molecular weight is 388 g/mol. The maximum atomic E-state index is 12.5. The number of aromatic nitrogens is 3. The quantitative estimate of drug-likeness (QED) is 0.534. The fourth-order valence-electron chi connectivity index (χ4n) is 3.08. The molecule has 1 N–H and O–H groups in total. The molecule has 0 saturated carbocycles. The first-order chi connectivity index (χ1) is 13.6. The highest BCUT2D eigenvalue weighted by Crippen LogP contribution is 2.27. The van der Waals surface area contributed by atoms with Gasteiger partial charge in [0.25, 0.3) is 0 Å². The van der Waals surface area contributed by atoms with Gasteiger partial charge in [-0.2, -0.15) is 0 Å². The van der Waals surface area contributed by atoms with E-state index in [2.05, 4.69) is 10.3 Å². The monoisotopic (exact) mass is 388 g/mol. The maximum absolute atomic E-state index is 12.5. The summed E-state index contributed by atoms with van der Waals surface area (Å²) in [5, 5.41) is 5.77. The Morgan fingerprint density at radius 1 is 1.11 bits per heavy atom. The fourth-order valence-corrected chi connectivity index (χ4v) is 3.97. The lowest BCUT2D eigenvalue weighted by Crippen LogP contribution is -2.17. The summed E-state index contributed by atoms with van der Waals surface area (Å²) in [6, 6.07) is 18.0. The van der Waals surface area contributed by atoms with E-state index < -0.39 is 0 Å². The van der Waals surface area contributed by atoms with Crippen LogP contribution < -0.4 is 5.32 Å². The summed E-state index contributed by atoms with van der Waals surface area (Å²) in [5.41, 5.74) is 4.10. The van der Waals surface area contributed by atoms with E-state index in [0.717, 1.165) is 33.3 Å². The van der Waals surface area contributed by atoms with Gasteiger partial charge in [-0.25, -0.2) is 9.97 Å². The molecule has 0 saturated heterocycles. The van der Waals surface area contributed by atoms with E-state index in [1.54, 1.807) is 6.20 Å². The minimum Gasteiger partial charge on any atom is -0.310 e. The number of carbonyl (C=O) groups is 1. The number of aryl methyl sites for hydroxylation is 2. The lowest BCUT2D eigenvalue weighted by molar-refractivity contribution is -0.115. The first-order valence-corrected chi connectivity index (χ1v) is 9.89. The van der Waals surface area contributed by atoms with Gasteiger partial charge in [0, 0.05) is 10.9 Å². The van der Waals surface area contributed by atoms with Gasteiger partial charge in [0.1, 0.15) is 11.6 Å². The molecule has 2 heterocycles. The number of hydrogen-bond acceptors (Lipinski definition) is 4. The molecule has 6 heteroatoms. The van der Waals surface area contributed by atoms with Gasteiger partial charge in [-0.1, -0.05) is 60.2 Å². The van der Waals surface area contributed by atoms with Crippen molar-refractivity contribution < 1.29 is 4.79 Å². The molecule has 0 aliphatic rings. The zero-order chi connectivity index (χ0) is 19.5. The highest BCUT2D eigenvalue weighted by molar-refractivity contribution is 7.12. The van der Waals surface area contributed by atoms with Crippen molar-refractivity contribution >= 4 is 23.1 Å². The predicted octanol–water partition coefficient (Wildman–Crippen LogP) is 4.79. The molecule has 0 aliphatic carbocycles. The molecule has 4 aromatic rings. The molecule has 0 aliphatic heterocycles. The summed E-state index contributed by atoms with van der Waals surface area (Å²) >= 11 is 1.52. The molecule has 140 valence electrons. The number of anilines is 1. The summed E-state index contributed by atoms with van der Waals surface area (Å²) in [5.74, 6) is 1.33. The van der Waals surface area contributed by atoms with Crippen LogP contribution in [-0.2, 0) is 11.2 Å². The summed E-state index contributed by atoms with van der Waals surface area (Å²) in [6.45, 7) is 3.92. The number of rotatable bonds is 5. The van der Waals surface area contributed by atoms with Crippen molar-refractivity contribution in [2.75, 3.05) is 5.32 Å². The molecule has 0 radical (unpaired) electrons. The van der Waals surface area contributed by atoms with Gasteiger partial charge < -0.3 is 5.32 Å². The van der Waals surface area contributed by atoms with Crippen molar-refractivity contribution in [3.05, 3.63) is 83.1 Å². The number of hydrogen-bond donors (Lipinski definition) is 1. The molecule has 0 atom stereocenters. The zero-order valence-electron chi connectivity index (χ0n) is 15.7. The Balaban J connectivity index is 1.56. The van der Waals surface area contributed by atoms with Crippen LogP contribution >= 0.6 is 11.3 Å². The Morgan fingerprint density at radius 3 is 2.71 bits per heavy atom. The third-order valence-corrected chi connectivity index (χ3v) is 5.23. The van der Waals surface area contributed by atoms with Gasteiger partial charge >= 0.3 is 0 Å². The van der Waals surface area contributed by atoms with Crippen LogP contribution in [0.4, 0.5) is 5.82 Å². The third-order valence-electron chi connectivity index (χ3n) is 4.41. The second-order valence-electron chi connectivity index (χ2n) is 6.62. The molecule has 5 nitrogen and oxygen atoms in total. The second kappa shape index (κ2) is 7.78. The van der Waals surface area contributed by atoms with Crippen LogP contribution in [0.2, 0.25) is 0 Å². The predicted molar refractivity (Wildman–Crippen MR) is 113 cm³/mol. The van der Waals surface area contributed by atoms with Crippen molar-refractivity contribution in [1.82, 2.24) is 14.5 Å². The smallest absolute Gasteiger partial charge is 0.229 e. The standard InChI is InChI=1S/C22H20N4OS/c1-15-7-6-8-17(11-15)12-21(27)25-20-13-23-16(2)26(20)22-24-19(14-28-22)18-9-4-3-5-10-18/h3-11,13-14H,12H2,1-2H3,(H,25,27). The van der Waals surface area contributed by atoms with Crippen LogP contribution in [0.3, 0.4) is 0 Å². The normalized spacial score (nSPS) is 10.8. The van der Waals surface area contributed by atoms with Crippen molar-refractivity contribution in [3.8, 4) is 16.4 Å². The number of carbonyl (C=O) groups excluding carboxylic acids is 1. The summed E-state index contributed by atoms with van der Waals surface area (Å²) in [7, 11) is 0. The first-order valence-electron chi connectivity index (χ1n) is 9.01.